The van der Waals surface area contributed by atoms with Crippen LogP contribution in [0.2, 0.25) is 0 Å². The zero-order valence-corrected chi connectivity index (χ0v) is 9.37. The summed E-state index contributed by atoms with van der Waals surface area (Å²) in [4.78, 5) is 0. The first-order chi connectivity index (χ1) is 4.93. The summed E-state index contributed by atoms with van der Waals surface area (Å²) in [6, 6.07) is 9.43. The summed E-state index contributed by atoms with van der Waals surface area (Å²) < 4.78 is 5.11. The van der Waals surface area contributed by atoms with E-state index in [1.54, 1.807) is 0 Å². The van der Waals surface area contributed by atoms with Gasteiger partial charge in [0.1, 0.15) is 12.4 Å². The minimum Gasteiger partial charge on any atom is -0.491 e. The zero-order chi connectivity index (χ0) is 7.23. The van der Waals surface area contributed by atoms with E-state index in [1.807, 2.05) is 30.3 Å². The molecule has 0 spiro atoms. The average molecular weight is 368 g/mol. The maximum Gasteiger partial charge on any atom is 0.119 e. The molecule has 0 aromatic heterocycles. The molecule has 0 radical (unpaired) electrons. The Morgan fingerprint density at radius 3 is 2.08 bits per heavy atom. The van der Waals surface area contributed by atoms with Crippen molar-refractivity contribution in [2.45, 2.75) is 0 Å². The number of hydrogen-bond donors (Lipinski definition) is 1. The Morgan fingerprint density at radius 2 is 1.62 bits per heavy atom. The van der Waals surface area contributed by atoms with Crippen LogP contribution in [-0.2, 0) is 19.8 Å². The molecule has 78 valence electrons. The number of ether oxygens (including phenoxy) is 1. The quantitative estimate of drug-likeness (QED) is 0.873. The fraction of sp³-hybridized carbons (Fsp3) is 0.250. The first-order valence-corrected chi connectivity index (χ1v) is 3.22. The second-order valence-corrected chi connectivity index (χ2v) is 1.89. The van der Waals surface area contributed by atoms with Crippen molar-refractivity contribution in [3.05, 3.63) is 30.3 Å². The Balaban J connectivity index is -0.000000333. The maximum atomic E-state index is 8.40. The van der Waals surface area contributed by atoms with E-state index in [4.69, 9.17) is 9.84 Å². The van der Waals surface area contributed by atoms with E-state index in [2.05, 4.69) is 0 Å². The van der Waals surface area contributed by atoms with Crippen LogP contribution in [-0.4, -0.2) is 18.3 Å². The number of aliphatic hydroxyl groups is 1. The topological polar surface area (TPSA) is 29.5 Å². The molecule has 0 bridgehead atoms. The average Bonchev–Trinajstić information content (AvgIpc) is 2.03. The number of halogens is 2. The summed E-state index contributed by atoms with van der Waals surface area (Å²) in [7, 11) is 0. The van der Waals surface area contributed by atoms with Gasteiger partial charge in [-0.3, -0.25) is 9.41 Å². The van der Waals surface area contributed by atoms with E-state index in [0.717, 1.165) is 5.75 Å². The Morgan fingerprint density at radius 1 is 1.08 bits per heavy atom. The Hall–Kier alpha value is -0.524. The second kappa shape index (κ2) is 11.5. The third-order valence-electron chi connectivity index (χ3n) is 1.10. The van der Waals surface area contributed by atoms with Crippen molar-refractivity contribution in [1.82, 2.24) is 0 Å². The number of aliphatic hydroxyl groups excluding tert-OH is 1. The van der Waals surface area contributed by atoms with Crippen LogP contribution in [0.15, 0.2) is 30.3 Å². The molecule has 5 heteroatoms. The molecule has 2 nitrogen and oxygen atoms in total. The summed E-state index contributed by atoms with van der Waals surface area (Å²) in [6.07, 6.45) is 0. The number of hydrogen-bond acceptors (Lipinski definition) is 2. The van der Waals surface area contributed by atoms with E-state index in [9.17, 15) is 0 Å². The van der Waals surface area contributed by atoms with Crippen LogP contribution in [0.3, 0.4) is 0 Å². The molecule has 0 aliphatic carbocycles. The van der Waals surface area contributed by atoms with Crippen molar-refractivity contribution in [2.75, 3.05) is 13.2 Å². The maximum absolute atomic E-state index is 8.40. The van der Waals surface area contributed by atoms with Gasteiger partial charge in [0.15, 0.2) is 0 Å². The van der Waals surface area contributed by atoms with Crippen molar-refractivity contribution in [3.63, 3.8) is 0 Å². The fourth-order valence-corrected chi connectivity index (χ4v) is 0.680. The minimum atomic E-state index is 0. The van der Waals surface area contributed by atoms with E-state index in [1.165, 1.54) is 0 Å². The van der Waals surface area contributed by atoms with Gasteiger partial charge in [-0.2, -0.15) is 0 Å². The Labute approximate surface area is 88.7 Å². The molecule has 0 fully saturated rings. The summed E-state index contributed by atoms with van der Waals surface area (Å²) in [5.74, 6) is 0.802. The van der Waals surface area contributed by atoms with E-state index >= 15 is 0 Å². The van der Waals surface area contributed by atoms with E-state index in [0.29, 0.717) is 6.61 Å². The summed E-state index contributed by atoms with van der Waals surface area (Å²) >= 11 is 0. The van der Waals surface area contributed by atoms with Crippen LogP contribution in [0.4, 0.5) is 9.41 Å². The molecule has 1 N–H and O–H groups in total. The van der Waals surface area contributed by atoms with Gasteiger partial charge in [0.05, 0.1) is 6.61 Å². The SMILES string of the molecule is F.F.OCCOc1ccccc1.[Os]. The first-order valence-electron chi connectivity index (χ1n) is 3.22. The molecule has 0 aliphatic heterocycles. The van der Waals surface area contributed by atoms with Crippen LogP contribution in [0, 0.1) is 0 Å². The molecule has 0 heterocycles. The Bertz CT molecular complexity index is 185. The van der Waals surface area contributed by atoms with Crippen LogP contribution < -0.4 is 4.74 Å². The largest absolute Gasteiger partial charge is 0.491 e. The smallest absolute Gasteiger partial charge is 0.119 e. The zero-order valence-electron chi connectivity index (χ0n) is 6.83. The number of benzene rings is 1. The van der Waals surface area contributed by atoms with E-state index in [-0.39, 0.29) is 35.8 Å². The standard InChI is InChI=1S/C8H10O2.2FH.Os/c9-6-7-10-8-4-2-1-3-5-8;;;/h1-5,9H,6-7H2;2*1H;. The molecule has 13 heavy (non-hydrogen) atoms. The summed E-state index contributed by atoms with van der Waals surface area (Å²) in [5.41, 5.74) is 0. The molecular weight excluding hydrogens is 356 g/mol. The number of para-hydroxylation sites is 1. The normalized spacial score (nSPS) is 7.15. The molecule has 0 aliphatic rings. The molecule has 0 unspecified atom stereocenters. The van der Waals surface area contributed by atoms with Crippen molar-refractivity contribution < 1.29 is 39.0 Å². The van der Waals surface area contributed by atoms with Crippen LogP contribution in [0.1, 0.15) is 0 Å². The molecule has 1 rings (SSSR count). The molecule has 0 amide bonds. The summed E-state index contributed by atoms with van der Waals surface area (Å²) in [6.45, 7) is 0.429. The van der Waals surface area contributed by atoms with E-state index < -0.39 is 0 Å². The summed E-state index contributed by atoms with van der Waals surface area (Å²) in [5, 5.41) is 8.40. The first kappa shape index (κ1) is 18.3. The Kier molecular flexibility index (Phi) is 16.2. The fourth-order valence-electron chi connectivity index (χ4n) is 0.680. The molecule has 0 atom stereocenters. The minimum absolute atomic E-state index is 0. The molecule has 1 aromatic rings. The van der Waals surface area contributed by atoms with Gasteiger partial charge < -0.3 is 9.84 Å². The van der Waals surface area contributed by atoms with Gasteiger partial charge in [0, 0.05) is 19.8 Å². The predicted octanol–water partition coefficient (Wildman–Crippen LogP) is 1.36. The van der Waals surface area contributed by atoms with Crippen molar-refractivity contribution in [2.24, 2.45) is 0 Å². The van der Waals surface area contributed by atoms with Crippen LogP contribution in [0.25, 0.3) is 0 Å². The van der Waals surface area contributed by atoms with Gasteiger partial charge in [-0.1, -0.05) is 18.2 Å². The second-order valence-electron chi connectivity index (χ2n) is 1.89. The molecular formula is C8H12F2O2Os. The predicted molar refractivity (Wildman–Crippen MR) is 44.0 cm³/mol. The van der Waals surface area contributed by atoms with Crippen LogP contribution >= 0.6 is 0 Å². The van der Waals surface area contributed by atoms with Crippen molar-refractivity contribution in [3.8, 4) is 5.75 Å². The third-order valence-corrected chi connectivity index (χ3v) is 1.10. The molecule has 0 saturated heterocycles. The monoisotopic (exact) mass is 370 g/mol. The van der Waals surface area contributed by atoms with Gasteiger partial charge in [-0.05, 0) is 12.1 Å². The van der Waals surface area contributed by atoms with Crippen LogP contribution in [0.5, 0.6) is 5.75 Å². The number of rotatable bonds is 3. The third kappa shape index (κ3) is 7.82. The van der Waals surface area contributed by atoms with Gasteiger partial charge in [0.25, 0.3) is 0 Å². The van der Waals surface area contributed by atoms with Gasteiger partial charge in [-0.25, -0.2) is 0 Å². The molecule has 1 aromatic carbocycles. The van der Waals surface area contributed by atoms with Crippen molar-refractivity contribution in [1.29, 1.82) is 0 Å². The molecule has 0 saturated carbocycles. The van der Waals surface area contributed by atoms with Gasteiger partial charge in [0.2, 0.25) is 0 Å². The van der Waals surface area contributed by atoms with Gasteiger partial charge in [-0.15, -0.1) is 0 Å². The van der Waals surface area contributed by atoms with Crippen molar-refractivity contribution >= 4 is 0 Å². The van der Waals surface area contributed by atoms with Gasteiger partial charge >= 0.3 is 0 Å².